The summed E-state index contributed by atoms with van der Waals surface area (Å²) in [4.78, 5) is 4.64. The Kier molecular flexibility index (Phi) is 5.20. The number of nitrogens with zero attached hydrogens (tertiary/aromatic N) is 1. The summed E-state index contributed by atoms with van der Waals surface area (Å²) in [7, 11) is 0. The molecular formula is C14H26N2S. The maximum atomic E-state index is 4.64. The number of nitrogens with one attached hydrogen (secondary N) is 1. The Hall–Kier alpha value is -0.180. The zero-order chi connectivity index (χ0) is 12.1. The predicted octanol–water partition coefficient (Wildman–Crippen LogP) is 3.82. The first-order valence-electron chi connectivity index (χ1n) is 7.29. The van der Waals surface area contributed by atoms with Crippen molar-refractivity contribution in [2.75, 3.05) is 6.54 Å². The monoisotopic (exact) mass is 254 g/mol. The highest BCUT2D eigenvalue weighted by molar-refractivity contribution is 8.14. The third kappa shape index (κ3) is 3.90. The van der Waals surface area contributed by atoms with Gasteiger partial charge in [-0.2, -0.15) is 0 Å². The Bertz CT molecular complexity index is 257. The summed E-state index contributed by atoms with van der Waals surface area (Å²) in [6, 6.07) is 0.699. The molecule has 2 nitrogen and oxygen atoms in total. The summed E-state index contributed by atoms with van der Waals surface area (Å²) < 4.78 is 0. The molecule has 1 saturated carbocycles. The number of rotatable bonds is 4. The lowest BCUT2D eigenvalue weighted by molar-refractivity contribution is 0.306. The fourth-order valence-corrected chi connectivity index (χ4v) is 4.06. The number of aliphatic imine (C=N–C) groups is 1. The molecule has 3 heteroatoms. The molecule has 0 aromatic rings. The van der Waals surface area contributed by atoms with Gasteiger partial charge in [0.05, 0.1) is 6.54 Å². The van der Waals surface area contributed by atoms with E-state index in [9.17, 15) is 0 Å². The van der Waals surface area contributed by atoms with Gasteiger partial charge < -0.3 is 5.32 Å². The van der Waals surface area contributed by atoms with Crippen LogP contribution in [0.5, 0.6) is 0 Å². The summed E-state index contributed by atoms with van der Waals surface area (Å²) in [5.41, 5.74) is 0. The Labute approximate surface area is 110 Å². The standard InChI is InChI=1S/C14H26N2S/c1-3-5-13-10-15-14(17-13)16-12-8-6-11(4-2)7-9-12/h11-13H,3-10H2,1-2H3,(H,15,16). The van der Waals surface area contributed by atoms with Gasteiger partial charge in [0.2, 0.25) is 0 Å². The summed E-state index contributed by atoms with van der Waals surface area (Å²) >= 11 is 1.97. The van der Waals surface area contributed by atoms with Crippen LogP contribution in [0.3, 0.4) is 0 Å². The lowest BCUT2D eigenvalue weighted by Crippen LogP contribution is -2.35. The molecule has 2 aliphatic rings. The van der Waals surface area contributed by atoms with Crippen molar-refractivity contribution < 1.29 is 0 Å². The summed E-state index contributed by atoms with van der Waals surface area (Å²) in [5, 5.41) is 5.63. The second-order valence-corrected chi connectivity index (χ2v) is 6.73. The van der Waals surface area contributed by atoms with Crippen LogP contribution in [0.2, 0.25) is 0 Å². The van der Waals surface area contributed by atoms with Gasteiger partial charge in [0, 0.05) is 11.3 Å². The van der Waals surface area contributed by atoms with Crippen LogP contribution in [0.15, 0.2) is 4.99 Å². The van der Waals surface area contributed by atoms with E-state index in [1.165, 1.54) is 50.1 Å². The molecule has 0 amide bonds. The van der Waals surface area contributed by atoms with Gasteiger partial charge in [-0.25, -0.2) is 0 Å². The first-order chi connectivity index (χ1) is 8.31. The van der Waals surface area contributed by atoms with E-state index in [2.05, 4.69) is 24.2 Å². The van der Waals surface area contributed by atoms with Gasteiger partial charge in [0.25, 0.3) is 0 Å². The minimum Gasteiger partial charge on any atom is -0.362 e. The molecule has 2 rings (SSSR count). The van der Waals surface area contributed by atoms with E-state index < -0.39 is 0 Å². The van der Waals surface area contributed by atoms with Gasteiger partial charge in [0.1, 0.15) is 0 Å². The second kappa shape index (κ2) is 6.67. The van der Waals surface area contributed by atoms with Crippen molar-refractivity contribution in [1.82, 2.24) is 5.32 Å². The van der Waals surface area contributed by atoms with Crippen LogP contribution in [-0.4, -0.2) is 23.0 Å². The molecule has 1 fully saturated rings. The highest BCUT2D eigenvalue weighted by Gasteiger charge is 2.24. The summed E-state index contributed by atoms with van der Waals surface area (Å²) in [6.45, 7) is 5.62. The quantitative estimate of drug-likeness (QED) is 0.825. The van der Waals surface area contributed by atoms with Crippen LogP contribution in [-0.2, 0) is 0 Å². The smallest absolute Gasteiger partial charge is 0.157 e. The molecule has 0 aromatic carbocycles. The normalized spacial score (nSPS) is 33.5. The van der Waals surface area contributed by atoms with Crippen molar-refractivity contribution in [2.45, 2.75) is 70.1 Å². The van der Waals surface area contributed by atoms with E-state index in [0.29, 0.717) is 6.04 Å². The SMILES string of the molecule is CCCC1CN=C(NC2CCC(CC)CC2)S1. The average molecular weight is 254 g/mol. The third-order valence-electron chi connectivity index (χ3n) is 4.08. The molecule has 1 unspecified atom stereocenters. The van der Waals surface area contributed by atoms with Crippen LogP contribution in [0.25, 0.3) is 0 Å². The lowest BCUT2D eigenvalue weighted by atomic mass is 9.85. The molecule has 0 spiro atoms. The molecule has 1 N–H and O–H groups in total. The van der Waals surface area contributed by atoms with Crippen molar-refractivity contribution in [2.24, 2.45) is 10.9 Å². The van der Waals surface area contributed by atoms with Crippen molar-refractivity contribution >= 4 is 16.9 Å². The van der Waals surface area contributed by atoms with Gasteiger partial charge in [0.15, 0.2) is 5.17 Å². The Morgan fingerprint density at radius 1 is 1.24 bits per heavy atom. The summed E-state index contributed by atoms with van der Waals surface area (Å²) in [5.74, 6) is 0.985. The molecule has 1 aliphatic heterocycles. The fourth-order valence-electron chi connectivity index (χ4n) is 2.86. The molecule has 17 heavy (non-hydrogen) atoms. The molecule has 0 bridgehead atoms. The minimum atomic E-state index is 0.699. The molecule has 1 atom stereocenters. The molecule has 0 radical (unpaired) electrons. The Morgan fingerprint density at radius 2 is 2.00 bits per heavy atom. The van der Waals surface area contributed by atoms with Crippen molar-refractivity contribution in [1.29, 1.82) is 0 Å². The topological polar surface area (TPSA) is 24.4 Å². The van der Waals surface area contributed by atoms with Gasteiger partial charge >= 0.3 is 0 Å². The number of amidine groups is 1. The van der Waals surface area contributed by atoms with Crippen molar-refractivity contribution in [3.8, 4) is 0 Å². The molecule has 0 saturated heterocycles. The lowest BCUT2D eigenvalue weighted by Gasteiger charge is -2.28. The molecule has 98 valence electrons. The van der Waals surface area contributed by atoms with Crippen LogP contribution in [0.1, 0.15) is 58.8 Å². The Morgan fingerprint density at radius 3 is 2.65 bits per heavy atom. The predicted molar refractivity (Wildman–Crippen MR) is 77.8 cm³/mol. The van der Waals surface area contributed by atoms with Gasteiger partial charge in [-0.3, -0.25) is 4.99 Å². The zero-order valence-electron chi connectivity index (χ0n) is 11.2. The highest BCUT2D eigenvalue weighted by Crippen LogP contribution is 2.29. The van der Waals surface area contributed by atoms with Crippen LogP contribution in [0, 0.1) is 5.92 Å². The van der Waals surface area contributed by atoms with E-state index in [1.54, 1.807) is 0 Å². The van der Waals surface area contributed by atoms with E-state index in [4.69, 9.17) is 0 Å². The Balaban J connectivity index is 1.69. The van der Waals surface area contributed by atoms with Gasteiger partial charge in [-0.1, -0.05) is 38.5 Å². The van der Waals surface area contributed by atoms with E-state index >= 15 is 0 Å². The molecule has 0 aromatic heterocycles. The van der Waals surface area contributed by atoms with E-state index in [1.807, 2.05) is 11.8 Å². The molecule has 1 heterocycles. The average Bonchev–Trinajstić information content (AvgIpc) is 2.78. The molecule has 1 aliphatic carbocycles. The maximum absolute atomic E-state index is 4.64. The van der Waals surface area contributed by atoms with Crippen LogP contribution in [0.4, 0.5) is 0 Å². The molecular weight excluding hydrogens is 228 g/mol. The zero-order valence-corrected chi connectivity index (χ0v) is 12.1. The largest absolute Gasteiger partial charge is 0.362 e. The number of thioether (sulfide) groups is 1. The van der Waals surface area contributed by atoms with Crippen LogP contribution >= 0.6 is 11.8 Å². The second-order valence-electron chi connectivity index (χ2n) is 5.44. The van der Waals surface area contributed by atoms with Gasteiger partial charge in [-0.05, 0) is 38.0 Å². The highest BCUT2D eigenvalue weighted by atomic mass is 32.2. The number of hydrogen-bond acceptors (Lipinski definition) is 3. The van der Waals surface area contributed by atoms with E-state index in [0.717, 1.165) is 17.7 Å². The van der Waals surface area contributed by atoms with Crippen molar-refractivity contribution in [3.63, 3.8) is 0 Å². The fraction of sp³-hybridized carbons (Fsp3) is 0.929. The first kappa shape index (κ1) is 13.3. The first-order valence-corrected chi connectivity index (χ1v) is 8.17. The van der Waals surface area contributed by atoms with Crippen LogP contribution < -0.4 is 5.32 Å². The third-order valence-corrected chi connectivity index (χ3v) is 5.27. The minimum absolute atomic E-state index is 0.699. The van der Waals surface area contributed by atoms with Gasteiger partial charge in [-0.15, -0.1) is 0 Å². The number of hydrogen-bond donors (Lipinski definition) is 1. The summed E-state index contributed by atoms with van der Waals surface area (Å²) in [6.07, 6.45) is 9.45. The van der Waals surface area contributed by atoms with Crippen molar-refractivity contribution in [3.05, 3.63) is 0 Å². The maximum Gasteiger partial charge on any atom is 0.157 e. The van der Waals surface area contributed by atoms with E-state index in [-0.39, 0.29) is 0 Å².